The zero-order chi connectivity index (χ0) is 17.6. The smallest absolute Gasteiger partial charge is 0.193 e. The van der Waals surface area contributed by atoms with E-state index in [2.05, 4.69) is 31.9 Å². The molecule has 2 aliphatic heterocycles. The molecule has 7 heteroatoms. The monoisotopic (exact) mass is 475 g/mol. The van der Waals surface area contributed by atoms with Crippen LogP contribution in [0, 0.1) is 11.7 Å². The lowest BCUT2D eigenvalue weighted by molar-refractivity contribution is 0.337. The average molecular weight is 475 g/mol. The van der Waals surface area contributed by atoms with E-state index in [4.69, 9.17) is 0 Å². The van der Waals surface area contributed by atoms with E-state index in [0.717, 1.165) is 56.8 Å². The fourth-order valence-corrected chi connectivity index (χ4v) is 3.76. The molecule has 2 saturated heterocycles. The van der Waals surface area contributed by atoms with Crippen molar-refractivity contribution in [1.29, 1.82) is 0 Å². The average Bonchev–Trinajstić information content (AvgIpc) is 3.11. The van der Waals surface area contributed by atoms with Gasteiger partial charge in [0.05, 0.1) is 0 Å². The second kappa shape index (κ2) is 10.3. The van der Waals surface area contributed by atoms with Gasteiger partial charge in [0.2, 0.25) is 0 Å². The molecule has 0 saturated carbocycles. The van der Waals surface area contributed by atoms with Gasteiger partial charge in [-0.1, -0.05) is 6.92 Å². The molecule has 1 aromatic rings. The minimum Gasteiger partial charge on any atom is -0.368 e. The van der Waals surface area contributed by atoms with Crippen molar-refractivity contribution in [3.63, 3.8) is 0 Å². The van der Waals surface area contributed by atoms with E-state index >= 15 is 0 Å². The van der Waals surface area contributed by atoms with Crippen LogP contribution in [0.25, 0.3) is 0 Å². The number of hydrogen-bond donors (Lipinski definition) is 1. The van der Waals surface area contributed by atoms with Crippen molar-refractivity contribution in [3.05, 3.63) is 30.1 Å². The summed E-state index contributed by atoms with van der Waals surface area (Å²) in [6.45, 7) is 10.5. The number of halogens is 2. The molecule has 1 unspecified atom stereocenters. The summed E-state index contributed by atoms with van der Waals surface area (Å²) in [4.78, 5) is 11.6. The first-order valence-corrected chi connectivity index (χ1v) is 9.38. The van der Waals surface area contributed by atoms with E-state index in [1.165, 1.54) is 31.6 Å². The highest BCUT2D eigenvalue weighted by molar-refractivity contribution is 14.0. The van der Waals surface area contributed by atoms with Crippen molar-refractivity contribution < 1.29 is 4.39 Å². The molecule has 0 aromatic heterocycles. The third-order valence-corrected chi connectivity index (χ3v) is 5.35. The molecule has 5 nitrogen and oxygen atoms in total. The maximum atomic E-state index is 13.1. The van der Waals surface area contributed by atoms with Gasteiger partial charge in [-0.2, -0.15) is 0 Å². The number of anilines is 1. The third-order valence-electron chi connectivity index (χ3n) is 5.35. The Morgan fingerprint density at radius 1 is 1.15 bits per heavy atom. The number of nitrogens with zero attached hydrogens (tertiary/aromatic N) is 4. The molecular formula is C19H31FIN5. The van der Waals surface area contributed by atoms with Gasteiger partial charge >= 0.3 is 0 Å². The number of likely N-dealkylation sites (tertiary alicyclic amines) is 1. The van der Waals surface area contributed by atoms with Gasteiger partial charge in [0, 0.05) is 52.0 Å². The van der Waals surface area contributed by atoms with Crippen LogP contribution in [0.4, 0.5) is 10.1 Å². The summed E-state index contributed by atoms with van der Waals surface area (Å²) < 4.78 is 13.1. The van der Waals surface area contributed by atoms with Gasteiger partial charge in [0.25, 0.3) is 0 Å². The molecule has 26 heavy (non-hydrogen) atoms. The predicted octanol–water partition coefficient (Wildman–Crippen LogP) is 2.48. The maximum Gasteiger partial charge on any atom is 0.193 e. The molecule has 2 fully saturated rings. The second-order valence-corrected chi connectivity index (χ2v) is 6.93. The van der Waals surface area contributed by atoms with Crippen molar-refractivity contribution in [3.8, 4) is 0 Å². The SMILES string of the molecule is CCN1CCC(CNC(=NC)N2CCN(c3ccc(F)cc3)CC2)C1.I. The Hall–Kier alpha value is -1.09. The first-order valence-electron chi connectivity index (χ1n) is 9.38. The molecular weight excluding hydrogens is 444 g/mol. The van der Waals surface area contributed by atoms with Gasteiger partial charge in [-0.15, -0.1) is 24.0 Å². The number of rotatable bonds is 4. The third kappa shape index (κ3) is 5.45. The van der Waals surface area contributed by atoms with Crippen LogP contribution >= 0.6 is 24.0 Å². The van der Waals surface area contributed by atoms with E-state index in [1.807, 2.05) is 19.2 Å². The molecule has 1 N–H and O–H groups in total. The summed E-state index contributed by atoms with van der Waals surface area (Å²) in [6, 6.07) is 6.78. The molecule has 0 spiro atoms. The Bertz CT molecular complexity index is 572. The van der Waals surface area contributed by atoms with Crippen LogP contribution in [0.3, 0.4) is 0 Å². The van der Waals surface area contributed by atoms with Crippen molar-refractivity contribution in [1.82, 2.24) is 15.1 Å². The van der Waals surface area contributed by atoms with Crippen molar-refractivity contribution in [2.45, 2.75) is 13.3 Å². The predicted molar refractivity (Wildman–Crippen MR) is 117 cm³/mol. The standard InChI is InChI=1S/C19H30FN5.HI/c1-3-23-9-8-16(15-23)14-22-19(21-2)25-12-10-24(11-13-25)18-6-4-17(20)5-7-18;/h4-7,16H,3,8-15H2,1-2H3,(H,21,22);1H. The Kier molecular flexibility index (Phi) is 8.40. The van der Waals surface area contributed by atoms with Gasteiger partial charge in [-0.3, -0.25) is 4.99 Å². The fourth-order valence-electron chi connectivity index (χ4n) is 3.76. The summed E-state index contributed by atoms with van der Waals surface area (Å²) in [6.07, 6.45) is 1.27. The van der Waals surface area contributed by atoms with E-state index in [0.29, 0.717) is 0 Å². The highest BCUT2D eigenvalue weighted by atomic mass is 127. The largest absolute Gasteiger partial charge is 0.368 e. The van der Waals surface area contributed by atoms with Crippen LogP contribution < -0.4 is 10.2 Å². The molecule has 0 bridgehead atoms. The second-order valence-electron chi connectivity index (χ2n) is 6.93. The molecule has 0 aliphatic carbocycles. The Labute approximate surface area is 173 Å². The molecule has 2 aliphatic rings. The topological polar surface area (TPSA) is 34.1 Å². The quantitative estimate of drug-likeness (QED) is 0.413. The molecule has 3 rings (SSSR count). The lowest BCUT2D eigenvalue weighted by Crippen LogP contribution is -2.53. The highest BCUT2D eigenvalue weighted by Gasteiger charge is 2.23. The summed E-state index contributed by atoms with van der Waals surface area (Å²) in [5, 5.41) is 3.57. The molecule has 0 amide bonds. The van der Waals surface area contributed by atoms with Crippen molar-refractivity contribution in [2.75, 3.05) is 64.3 Å². The summed E-state index contributed by atoms with van der Waals surface area (Å²) in [7, 11) is 1.86. The number of guanidine groups is 1. The van der Waals surface area contributed by atoms with Crippen LogP contribution in [0.5, 0.6) is 0 Å². The summed E-state index contributed by atoms with van der Waals surface area (Å²) in [5.41, 5.74) is 1.09. The number of benzene rings is 1. The van der Waals surface area contributed by atoms with E-state index in [9.17, 15) is 4.39 Å². The van der Waals surface area contributed by atoms with Crippen molar-refractivity contribution in [2.24, 2.45) is 10.9 Å². The molecule has 146 valence electrons. The lowest BCUT2D eigenvalue weighted by atomic mass is 10.1. The Morgan fingerprint density at radius 2 is 1.85 bits per heavy atom. The fraction of sp³-hybridized carbons (Fsp3) is 0.632. The number of piperazine rings is 1. The first-order chi connectivity index (χ1) is 12.2. The van der Waals surface area contributed by atoms with Gasteiger partial charge in [-0.05, 0) is 49.7 Å². The maximum absolute atomic E-state index is 13.1. The molecule has 0 radical (unpaired) electrons. The van der Waals surface area contributed by atoms with E-state index < -0.39 is 0 Å². The van der Waals surface area contributed by atoms with Gasteiger partial charge in [-0.25, -0.2) is 4.39 Å². The summed E-state index contributed by atoms with van der Waals surface area (Å²) in [5.74, 6) is 1.55. The normalized spacial score (nSPS) is 21.7. The Morgan fingerprint density at radius 3 is 2.42 bits per heavy atom. The van der Waals surface area contributed by atoms with Gasteiger partial charge < -0.3 is 20.0 Å². The minimum atomic E-state index is -0.180. The van der Waals surface area contributed by atoms with Crippen LogP contribution in [0.15, 0.2) is 29.3 Å². The first kappa shape index (κ1) is 21.2. The molecule has 1 atom stereocenters. The number of hydrogen-bond acceptors (Lipinski definition) is 3. The minimum absolute atomic E-state index is 0. The van der Waals surface area contributed by atoms with Crippen molar-refractivity contribution >= 4 is 35.6 Å². The zero-order valence-electron chi connectivity index (χ0n) is 15.8. The molecule has 1 aromatic carbocycles. The Balaban J connectivity index is 0.00000243. The van der Waals surface area contributed by atoms with Gasteiger partial charge in [0.15, 0.2) is 5.96 Å². The number of nitrogens with one attached hydrogen (secondary N) is 1. The van der Waals surface area contributed by atoms with Crippen LogP contribution in [-0.2, 0) is 0 Å². The van der Waals surface area contributed by atoms with Crippen LogP contribution in [-0.4, -0.2) is 75.2 Å². The lowest BCUT2D eigenvalue weighted by Gasteiger charge is -2.38. The van der Waals surface area contributed by atoms with E-state index in [-0.39, 0.29) is 29.8 Å². The number of aliphatic imine (C=N–C) groups is 1. The molecule has 2 heterocycles. The van der Waals surface area contributed by atoms with Crippen LogP contribution in [0.2, 0.25) is 0 Å². The zero-order valence-corrected chi connectivity index (χ0v) is 18.2. The van der Waals surface area contributed by atoms with Gasteiger partial charge in [0.1, 0.15) is 5.82 Å². The highest BCUT2D eigenvalue weighted by Crippen LogP contribution is 2.17. The van der Waals surface area contributed by atoms with E-state index in [1.54, 1.807) is 0 Å². The van der Waals surface area contributed by atoms with Crippen LogP contribution in [0.1, 0.15) is 13.3 Å². The summed E-state index contributed by atoms with van der Waals surface area (Å²) >= 11 is 0.